The first-order chi connectivity index (χ1) is 5.29. The number of hydrogen-bond acceptors (Lipinski definition) is 0. The normalized spacial score (nSPS) is 10.7. The summed E-state index contributed by atoms with van der Waals surface area (Å²) in [6.07, 6.45) is 2.07. The van der Waals surface area contributed by atoms with Gasteiger partial charge < -0.3 is 4.98 Å². The van der Waals surface area contributed by atoms with Crippen molar-refractivity contribution in [1.82, 2.24) is 4.98 Å². The molecule has 0 spiro atoms. The Morgan fingerprint density at radius 3 is 2.64 bits per heavy atom. The highest BCUT2D eigenvalue weighted by Gasteiger charge is 1.99. The van der Waals surface area contributed by atoms with Gasteiger partial charge in [0.05, 0.1) is 0 Å². The van der Waals surface area contributed by atoms with Gasteiger partial charge in [-0.2, -0.15) is 0 Å². The van der Waals surface area contributed by atoms with Gasteiger partial charge in [0.15, 0.2) is 0 Å². The van der Waals surface area contributed by atoms with Crippen molar-refractivity contribution in [3.05, 3.63) is 35.7 Å². The van der Waals surface area contributed by atoms with Gasteiger partial charge in [0.1, 0.15) is 0 Å². The van der Waals surface area contributed by atoms with Gasteiger partial charge in [0, 0.05) is 22.7 Å². The molecule has 1 aromatic heterocycles. The molecule has 1 heterocycles. The minimum Gasteiger partial charge on any atom is -0.364 e. The zero-order valence-electron chi connectivity index (χ0n) is 6.81. The molecule has 56 valence electrons. The van der Waals surface area contributed by atoms with E-state index in [-0.39, 0.29) is 0 Å². The number of hydrogen-bond donors (Lipinski definition) is 1. The molecule has 2 rings (SSSR count). The molecule has 0 aliphatic carbocycles. The Bertz CT molecular complexity index is 385. The number of nitrogens with one attached hydrogen (secondary N) is 1. The molecule has 0 fully saturated rings. The highest BCUT2D eigenvalue weighted by atomic mass is 14.7. The smallest absolute Gasteiger partial charge is 0.0195 e. The number of fused-ring (bicyclic) bond motifs is 1. The van der Waals surface area contributed by atoms with Gasteiger partial charge in [-0.3, -0.25) is 0 Å². The van der Waals surface area contributed by atoms with Crippen molar-refractivity contribution in [2.24, 2.45) is 0 Å². The van der Waals surface area contributed by atoms with Crippen molar-refractivity contribution in [3.8, 4) is 0 Å². The van der Waals surface area contributed by atoms with Gasteiger partial charge in [-0.05, 0) is 19.4 Å². The molecule has 0 saturated carbocycles. The van der Waals surface area contributed by atoms with E-state index < -0.39 is 0 Å². The fourth-order valence-electron chi connectivity index (χ4n) is 1.46. The van der Waals surface area contributed by atoms with Crippen LogP contribution in [0.2, 0.25) is 0 Å². The lowest BCUT2D eigenvalue weighted by atomic mass is 10.1. The molecule has 2 aromatic rings. The van der Waals surface area contributed by atoms with E-state index in [1.807, 2.05) is 0 Å². The van der Waals surface area contributed by atoms with Crippen LogP contribution < -0.4 is 0 Å². The fourth-order valence-corrected chi connectivity index (χ4v) is 1.46. The highest BCUT2D eigenvalue weighted by molar-refractivity contribution is 5.87. The summed E-state index contributed by atoms with van der Waals surface area (Å²) >= 11 is 0. The molecule has 11 heavy (non-hydrogen) atoms. The summed E-state index contributed by atoms with van der Waals surface area (Å²) in [5.41, 5.74) is 2.59. The lowest BCUT2D eigenvalue weighted by Gasteiger charge is -1.93. The Morgan fingerprint density at radius 1 is 1.09 bits per heavy atom. The van der Waals surface area contributed by atoms with Crippen LogP contribution in [0.15, 0.2) is 24.4 Å². The van der Waals surface area contributed by atoms with Gasteiger partial charge in [-0.25, -0.2) is 0 Å². The molecular weight excluding hydrogens is 134 g/mol. The van der Waals surface area contributed by atoms with Crippen LogP contribution in [0.3, 0.4) is 0 Å². The second kappa shape index (κ2) is 2.12. The lowest BCUT2D eigenvalue weighted by Crippen LogP contribution is -1.72. The Labute approximate surface area is 66.1 Å². The third kappa shape index (κ3) is 0.845. The predicted molar refractivity (Wildman–Crippen MR) is 47.8 cm³/mol. The third-order valence-corrected chi connectivity index (χ3v) is 2.16. The third-order valence-electron chi connectivity index (χ3n) is 2.16. The standard InChI is InChI=1S/C10H11N/c1-7-4-3-5-9-8(2)11-6-10(7)9/h3-6,11H,1-2H3. The molecule has 1 aromatic carbocycles. The maximum Gasteiger partial charge on any atom is 0.0195 e. The molecule has 0 amide bonds. The lowest BCUT2D eigenvalue weighted by molar-refractivity contribution is 1.28. The summed E-state index contributed by atoms with van der Waals surface area (Å²) in [5.74, 6) is 0. The van der Waals surface area contributed by atoms with Crippen molar-refractivity contribution in [3.63, 3.8) is 0 Å². The first kappa shape index (κ1) is 6.47. The quantitative estimate of drug-likeness (QED) is 0.586. The minimum atomic E-state index is 1.25. The first-order valence-corrected chi connectivity index (χ1v) is 3.82. The molecule has 1 nitrogen and oxygen atoms in total. The maximum absolute atomic E-state index is 3.22. The Hall–Kier alpha value is -1.24. The monoisotopic (exact) mass is 145 g/mol. The molecule has 0 radical (unpaired) electrons. The number of aryl methyl sites for hydroxylation is 2. The Balaban J connectivity index is 2.94. The number of benzene rings is 1. The zero-order chi connectivity index (χ0) is 7.84. The fraction of sp³-hybridized carbons (Fsp3) is 0.200. The van der Waals surface area contributed by atoms with E-state index in [9.17, 15) is 0 Å². The molecule has 1 N–H and O–H groups in total. The molecule has 1 heteroatoms. The van der Waals surface area contributed by atoms with Crippen LogP contribution in [0, 0.1) is 13.8 Å². The van der Waals surface area contributed by atoms with E-state index in [2.05, 4.69) is 43.2 Å². The van der Waals surface area contributed by atoms with E-state index in [1.165, 1.54) is 22.0 Å². The summed E-state index contributed by atoms with van der Waals surface area (Å²) in [5, 5.41) is 2.68. The van der Waals surface area contributed by atoms with Crippen LogP contribution >= 0.6 is 0 Å². The molecule has 0 aliphatic heterocycles. The number of aromatic nitrogens is 1. The Kier molecular flexibility index (Phi) is 1.25. The summed E-state index contributed by atoms with van der Waals surface area (Å²) in [7, 11) is 0. The zero-order valence-corrected chi connectivity index (χ0v) is 6.81. The first-order valence-electron chi connectivity index (χ1n) is 3.82. The van der Waals surface area contributed by atoms with Crippen molar-refractivity contribution < 1.29 is 0 Å². The van der Waals surface area contributed by atoms with E-state index >= 15 is 0 Å². The molecule has 0 aliphatic rings. The molecule has 0 bridgehead atoms. The van der Waals surface area contributed by atoms with Crippen LogP contribution in [0.1, 0.15) is 11.3 Å². The molecule has 0 saturated heterocycles. The van der Waals surface area contributed by atoms with E-state index in [1.54, 1.807) is 0 Å². The van der Waals surface area contributed by atoms with Crippen LogP contribution in [-0.4, -0.2) is 4.98 Å². The molecular formula is C10H11N. The largest absolute Gasteiger partial charge is 0.364 e. The minimum absolute atomic E-state index is 1.25. The predicted octanol–water partition coefficient (Wildman–Crippen LogP) is 2.78. The average Bonchev–Trinajstić information content (AvgIpc) is 2.35. The molecule has 0 atom stereocenters. The van der Waals surface area contributed by atoms with Crippen LogP contribution in [0.5, 0.6) is 0 Å². The number of aromatic amines is 1. The highest BCUT2D eigenvalue weighted by Crippen LogP contribution is 2.20. The van der Waals surface area contributed by atoms with Gasteiger partial charge in [-0.1, -0.05) is 18.2 Å². The van der Waals surface area contributed by atoms with Crippen LogP contribution in [0.4, 0.5) is 0 Å². The van der Waals surface area contributed by atoms with E-state index in [0.29, 0.717) is 0 Å². The SMILES string of the molecule is Cc1cccc2c(C)[nH]cc12. The topological polar surface area (TPSA) is 15.8 Å². The van der Waals surface area contributed by atoms with Crippen LogP contribution in [0.25, 0.3) is 10.8 Å². The van der Waals surface area contributed by atoms with Gasteiger partial charge in [0.25, 0.3) is 0 Å². The second-order valence-corrected chi connectivity index (χ2v) is 2.95. The summed E-state index contributed by atoms with van der Waals surface area (Å²) < 4.78 is 0. The summed E-state index contributed by atoms with van der Waals surface area (Å²) in [6, 6.07) is 6.38. The van der Waals surface area contributed by atoms with Gasteiger partial charge >= 0.3 is 0 Å². The summed E-state index contributed by atoms with van der Waals surface area (Å²) in [6.45, 7) is 4.23. The second-order valence-electron chi connectivity index (χ2n) is 2.95. The van der Waals surface area contributed by atoms with Crippen molar-refractivity contribution >= 4 is 10.8 Å². The number of rotatable bonds is 0. The maximum atomic E-state index is 3.22. The molecule has 0 unspecified atom stereocenters. The van der Waals surface area contributed by atoms with Gasteiger partial charge in [0.2, 0.25) is 0 Å². The van der Waals surface area contributed by atoms with Crippen molar-refractivity contribution in [2.45, 2.75) is 13.8 Å². The van der Waals surface area contributed by atoms with Gasteiger partial charge in [-0.15, -0.1) is 0 Å². The van der Waals surface area contributed by atoms with E-state index in [4.69, 9.17) is 0 Å². The van der Waals surface area contributed by atoms with Crippen molar-refractivity contribution in [2.75, 3.05) is 0 Å². The Morgan fingerprint density at radius 2 is 1.91 bits per heavy atom. The van der Waals surface area contributed by atoms with Crippen molar-refractivity contribution in [1.29, 1.82) is 0 Å². The van der Waals surface area contributed by atoms with E-state index in [0.717, 1.165) is 0 Å². The van der Waals surface area contributed by atoms with Crippen LogP contribution in [-0.2, 0) is 0 Å². The number of H-pyrrole nitrogens is 1. The average molecular weight is 145 g/mol. The summed E-state index contributed by atoms with van der Waals surface area (Å²) in [4.78, 5) is 3.22.